The number of methoxy groups -OCH3 is 1. The summed E-state index contributed by atoms with van der Waals surface area (Å²) in [7, 11) is 1.59. The predicted octanol–water partition coefficient (Wildman–Crippen LogP) is 4.79. The van der Waals surface area contributed by atoms with Crippen molar-refractivity contribution >= 4 is 40.0 Å². The molecule has 0 aliphatic carbocycles. The molecule has 2 aliphatic rings. The van der Waals surface area contributed by atoms with E-state index in [4.69, 9.17) is 18.9 Å². The summed E-state index contributed by atoms with van der Waals surface area (Å²) in [5.41, 5.74) is 1.29. The molecule has 0 radical (unpaired) electrons. The zero-order valence-corrected chi connectivity index (χ0v) is 24.5. The number of benzene rings is 2. The van der Waals surface area contributed by atoms with Gasteiger partial charge in [-0.2, -0.15) is 0 Å². The Hall–Kier alpha value is -4.11. The molecule has 0 bridgehead atoms. The van der Waals surface area contributed by atoms with Crippen molar-refractivity contribution in [3.05, 3.63) is 90.8 Å². The third-order valence-corrected chi connectivity index (χ3v) is 8.91. The number of aromatic nitrogens is 1. The second-order valence-corrected chi connectivity index (χ2v) is 11.6. The molecule has 1 saturated heterocycles. The Morgan fingerprint density at radius 1 is 1.15 bits per heavy atom. The minimum absolute atomic E-state index is 0.205. The first kappa shape index (κ1) is 27.1. The summed E-state index contributed by atoms with van der Waals surface area (Å²) in [6, 6.07) is 14.8. The smallest absolute Gasteiger partial charge is 0.338 e. The van der Waals surface area contributed by atoms with Gasteiger partial charge in [-0.3, -0.25) is 9.36 Å². The Balaban J connectivity index is 1.52. The largest absolute Gasteiger partial charge is 0.496 e. The van der Waals surface area contributed by atoms with Crippen LogP contribution in [0.2, 0.25) is 0 Å². The highest BCUT2D eigenvalue weighted by atomic mass is 32.1. The first-order valence-corrected chi connectivity index (χ1v) is 14.8. The molecule has 8 nitrogen and oxygen atoms in total. The number of hydrogen-bond donors (Lipinski definition) is 0. The van der Waals surface area contributed by atoms with Gasteiger partial charge in [0.05, 0.1) is 29.5 Å². The highest BCUT2D eigenvalue weighted by Gasteiger charge is 2.36. The second kappa shape index (κ2) is 11.0. The Bertz CT molecular complexity index is 1840. The summed E-state index contributed by atoms with van der Waals surface area (Å²) >= 11 is 1.28. The molecule has 2 aromatic carbocycles. The van der Waals surface area contributed by atoms with Crippen molar-refractivity contribution in [1.29, 1.82) is 0 Å². The Morgan fingerprint density at radius 2 is 1.93 bits per heavy atom. The summed E-state index contributed by atoms with van der Waals surface area (Å²) in [6.45, 7) is 7.94. The van der Waals surface area contributed by atoms with Gasteiger partial charge in [0.2, 0.25) is 0 Å². The van der Waals surface area contributed by atoms with Crippen LogP contribution in [-0.4, -0.2) is 37.3 Å². The van der Waals surface area contributed by atoms with E-state index in [9.17, 15) is 9.59 Å². The zero-order valence-electron chi connectivity index (χ0n) is 23.7. The number of hydrogen-bond acceptors (Lipinski definition) is 8. The zero-order chi connectivity index (χ0) is 28.7. The van der Waals surface area contributed by atoms with Crippen LogP contribution < -0.4 is 24.5 Å². The fraction of sp³-hybridized carbons (Fsp3) is 0.344. The molecule has 2 aromatic heterocycles. The van der Waals surface area contributed by atoms with E-state index in [0.29, 0.717) is 32.1 Å². The molecule has 6 rings (SSSR count). The quantitative estimate of drug-likeness (QED) is 0.310. The van der Waals surface area contributed by atoms with Crippen molar-refractivity contribution < 1.29 is 18.7 Å². The fourth-order valence-corrected chi connectivity index (χ4v) is 6.77. The van der Waals surface area contributed by atoms with Crippen LogP contribution in [0.25, 0.3) is 16.8 Å². The van der Waals surface area contributed by atoms with Crippen LogP contribution in [0, 0.1) is 5.92 Å². The lowest BCUT2D eigenvalue weighted by Gasteiger charge is -2.29. The Labute approximate surface area is 241 Å². The van der Waals surface area contributed by atoms with E-state index in [-0.39, 0.29) is 12.2 Å². The number of nitrogens with zero attached hydrogens (tertiary/aromatic N) is 3. The Morgan fingerprint density at radius 3 is 2.68 bits per heavy atom. The molecule has 0 spiro atoms. The standard InChI is InChI=1S/C32H33N3O5S/c1-5-39-31(37)27-20(3)33-32-35(29(27)28-23-9-7-6-8-21(23)10-12-24(28)38-4)30(36)25(41-32)18-22-11-13-26(40-22)34-16-14-19(2)15-17-34/h6-13,18-19,29H,5,14-17H2,1-4H3/b25-18+/t29-/m0/s1. The number of rotatable bonds is 6. The molecule has 1 atom stereocenters. The molecule has 2 aliphatic heterocycles. The predicted molar refractivity (Wildman–Crippen MR) is 160 cm³/mol. The van der Waals surface area contributed by atoms with Gasteiger partial charge in [-0.15, -0.1) is 0 Å². The van der Waals surface area contributed by atoms with Crippen LogP contribution in [0.3, 0.4) is 0 Å². The van der Waals surface area contributed by atoms with Gasteiger partial charge >= 0.3 is 5.97 Å². The van der Waals surface area contributed by atoms with E-state index < -0.39 is 12.0 Å². The maximum atomic E-state index is 14.1. The summed E-state index contributed by atoms with van der Waals surface area (Å²) in [4.78, 5) is 35.0. The summed E-state index contributed by atoms with van der Waals surface area (Å²) < 4.78 is 19.5. The topological polar surface area (TPSA) is 86.3 Å². The number of furan rings is 1. The van der Waals surface area contributed by atoms with Crippen LogP contribution in [-0.2, 0) is 9.53 Å². The van der Waals surface area contributed by atoms with Crippen LogP contribution in [0.1, 0.15) is 51.0 Å². The van der Waals surface area contributed by atoms with Crippen molar-refractivity contribution in [1.82, 2.24) is 4.57 Å². The van der Waals surface area contributed by atoms with Gasteiger partial charge in [0.15, 0.2) is 10.7 Å². The van der Waals surface area contributed by atoms with E-state index in [2.05, 4.69) is 11.8 Å². The van der Waals surface area contributed by atoms with E-state index >= 15 is 0 Å². The number of anilines is 1. The first-order valence-electron chi connectivity index (χ1n) is 14.0. The van der Waals surface area contributed by atoms with Crippen LogP contribution in [0.5, 0.6) is 5.75 Å². The van der Waals surface area contributed by atoms with Crippen molar-refractivity contribution in [3.8, 4) is 5.75 Å². The third kappa shape index (κ3) is 4.88. The van der Waals surface area contributed by atoms with Gasteiger partial charge in [-0.25, -0.2) is 9.79 Å². The highest BCUT2D eigenvalue weighted by Crippen LogP contribution is 2.40. The molecule has 0 N–H and O–H groups in total. The number of thiazole rings is 1. The lowest BCUT2D eigenvalue weighted by molar-refractivity contribution is -0.139. The van der Waals surface area contributed by atoms with Gasteiger partial charge < -0.3 is 18.8 Å². The highest BCUT2D eigenvalue weighted by molar-refractivity contribution is 7.07. The SMILES string of the molecule is CCOC(=O)C1=C(C)N=c2s/c(=C/c3ccc(N4CCC(C)CC4)o3)c(=O)n2[C@@H]1c1c(OC)ccc2ccccc12. The first-order chi connectivity index (χ1) is 19.9. The van der Waals surface area contributed by atoms with E-state index in [1.807, 2.05) is 48.5 Å². The molecule has 0 amide bonds. The molecule has 0 saturated carbocycles. The third-order valence-electron chi connectivity index (χ3n) is 7.92. The number of carbonyl (C=O) groups excluding carboxylic acids is 1. The molecular weight excluding hydrogens is 538 g/mol. The van der Waals surface area contributed by atoms with Gasteiger partial charge in [-0.05, 0) is 55.5 Å². The van der Waals surface area contributed by atoms with E-state index in [0.717, 1.165) is 54.1 Å². The van der Waals surface area contributed by atoms with Crippen molar-refractivity contribution in [2.75, 3.05) is 31.7 Å². The number of piperidine rings is 1. The minimum atomic E-state index is -0.781. The van der Waals surface area contributed by atoms with E-state index in [1.165, 1.54) is 11.3 Å². The molecule has 0 unspecified atom stereocenters. The molecule has 4 heterocycles. The van der Waals surface area contributed by atoms with Gasteiger partial charge in [0, 0.05) is 30.8 Å². The molecule has 41 heavy (non-hydrogen) atoms. The molecule has 1 fully saturated rings. The summed E-state index contributed by atoms with van der Waals surface area (Å²) in [6.07, 6.45) is 4.03. The number of ether oxygens (including phenoxy) is 2. The van der Waals surface area contributed by atoms with Crippen LogP contribution in [0.15, 0.2) is 74.0 Å². The Kier molecular flexibility index (Phi) is 7.30. The maximum Gasteiger partial charge on any atom is 0.338 e. The van der Waals surface area contributed by atoms with Crippen molar-refractivity contribution in [2.45, 2.75) is 39.7 Å². The average Bonchev–Trinajstić information content (AvgIpc) is 3.56. The average molecular weight is 572 g/mol. The lowest BCUT2D eigenvalue weighted by Crippen LogP contribution is -2.40. The minimum Gasteiger partial charge on any atom is -0.496 e. The molecule has 212 valence electrons. The second-order valence-electron chi connectivity index (χ2n) is 10.6. The van der Waals surface area contributed by atoms with Crippen LogP contribution in [0.4, 0.5) is 5.88 Å². The fourth-order valence-electron chi connectivity index (χ4n) is 5.75. The van der Waals surface area contributed by atoms with Gasteiger partial charge in [0.1, 0.15) is 17.6 Å². The molecular formula is C32H33N3O5S. The number of esters is 1. The van der Waals surface area contributed by atoms with Crippen LogP contribution >= 0.6 is 11.3 Å². The number of carbonyl (C=O) groups is 1. The van der Waals surface area contributed by atoms with E-state index in [1.54, 1.807) is 31.6 Å². The van der Waals surface area contributed by atoms with Gasteiger partial charge in [0.25, 0.3) is 5.56 Å². The summed E-state index contributed by atoms with van der Waals surface area (Å²) in [5.74, 6) is 2.21. The molecule has 4 aromatic rings. The summed E-state index contributed by atoms with van der Waals surface area (Å²) in [5, 5.41) is 1.85. The molecule has 9 heteroatoms. The number of fused-ring (bicyclic) bond motifs is 2. The number of allylic oxidation sites excluding steroid dienone is 1. The lowest BCUT2D eigenvalue weighted by atomic mass is 9.90. The maximum absolute atomic E-state index is 14.1. The van der Waals surface area contributed by atoms with Crippen molar-refractivity contribution in [3.63, 3.8) is 0 Å². The monoisotopic (exact) mass is 571 g/mol. The van der Waals surface area contributed by atoms with Crippen molar-refractivity contribution in [2.24, 2.45) is 10.9 Å². The normalized spacial score (nSPS) is 18.0. The van der Waals surface area contributed by atoms with Gasteiger partial charge in [-0.1, -0.05) is 48.6 Å².